The number of hydrogen-bond donors (Lipinski definition) is 1. The molecule has 1 aromatic rings. The van der Waals surface area contributed by atoms with Crippen molar-refractivity contribution in [3.63, 3.8) is 0 Å². The minimum Gasteiger partial charge on any atom is -0.423 e. The molecule has 0 fully saturated rings. The average molecular weight is 199 g/mol. The van der Waals surface area contributed by atoms with Gasteiger partial charge in [0.25, 0.3) is 0 Å². The van der Waals surface area contributed by atoms with E-state index in [1.807, 2.05) is 6.92 Å². The number of nitrogen functional groups attached to an aromatic ring is 1. The molecule has 2 N–H and O–H groups in total. The Labute approximate surface area is 81.5 Å². The zero-order valence-electron chi connectivity index (χ0n) is 7.58. The van der Waals surface area contributed by atoms with Crippen molar-refractivity contribution in [2.24, 2.45) is 0 Å². The van der Waals surface area contributed by atoms with Gasteiger partial charge >= 0.3 is 5.97 Å². The Bertz CT molecular complexity index is 283. The number of anilines is 1. The summed E-state index contributed by atoms with van der Waals surface area (Å²) in [7, 11) is 0. The highest BCUT2D eigenvalue weighted by atomic mass is 32.1. The molecule has 0 atom stereocenters. The third kappa shape index (κ3) is 3.06. The molecule has 1 aromatic heterocycles. The van der Waals surface area contributed by atoms with Gasteiger partial charge < -0.3 is 10.5 Å². The van der Waals surface area contributed by atoms with E-state index < -0.39 is 0 Å². The van der Waals surface area contributed by atoms with E-state index in [1.54, 1.807) is 10.8 Å². The van der Waals surface area contributed by atoms with Gasteiger partial charge in [-0.15, -0.1) is 11.3 Å². The Morgan fingerprint density at radius 3 is 2.92 bits per heavy atom. The molecule has 0 spiro atoms. The van der Waals surface area contributed by atoms with Gasteiger partial charge in [0.15, 0.2) is 5.75 Å². The van der Waals surface area contributed by atoms with E-state index in [4.69, 9.17) is 10.5 Å². The quantitative estimate of drug-likeness (QED) is 0.758. The van der Waals surface area contributed by atoms with Crippen LogP contribution in [0, 0.1) is 0 Å². The zero-order chi connectivity index (χ0) is 9.68. The first-order valence-corrected chi connectivity index (χ1v) is 5.20. The van der Waals surface area contributed by atoms with E-state index in [0.717, 1.165) is 12.8 Å². The Kier molecular flexibility index (Phi) is 3.76. The zero-order valence-corrected chi connectivity index (χ0v) is 8.39. The lowest BCUT2D eigenvalue weighted by Crippen LogP contribution is -2.07. The maximum atomic E-state index is 11.1. The molecule has 4 heteroatoms. The Balaban J connectivity index is 2.41. The Hall–Kier alpha value is -1.03. The molecule has 0 saturated heterocycles. The van der Waals surface area contributed by atoms with Gasteiger partial charge in [-0.2, -0.15) is 0 Å². The van der Waals surface area contributed by atoms with Crippen LogP contribution in [-0.2, 0) is 4.79 Å². The van der Waals surface area contributed by atoms with E-state index in [-0.39, 0.29) is 5.97 Å². The van der Waals surface area contributed by atoms with Gasteiger partial charge in [0.2, 0.25) is 0 Å². The van der Waals surface area contributed by atoms with E-state index in [9.17, 15) is 4.79 Å². The number of esters is 1. The highest BCUT2D eigenvalue weighted by molar-refractivity contribution is 7.08. The second kappa shape index (κ2) is 4.87. The summed E-state index contributed by atoms with van der Waals surface area (Å²) >= 11 is 1.43. The highest BCUT2D eigenvalue weighted by Crippen LogP contribution is 2.25. The van der Waals surface area contributed by atoms with Crippen LogP contribution in [0.3, 0.4) is 0 Å². The van der Waals surface area contributed by atoms with Crippen molar-refractivity contribution in [1.82, 2.24) is 0 Å². The number of nitrogens with two attached hydrogens (primary N) is 1. The molecule has 0 saturated carbocycles. The van der Waals surface area contributed by atoms with Crippen LogP contribution in [0.1, 0.15) is 26.2 Å². The first kappa shape index (κ1) is 10.1. The molecule has 0 radical (unpaired) electrons. The summed E-state index contributed by atoms with van der Waals surface area (Å²) in [6, 6.07) is 0. The molecule has 0 aliphatic carbocycles. The maximum absolute atomic E-state index is 11.1. The number of thiophene rings is 1. The topological polar surface area (TPSA) is 52.3 Å². The third-order valence-corrected chi connectivity index (χ3v) is 2.35. The third-order valence-electron chi connectivity index (χ3n) is 1.61. The van der Waals surface area contributed by atoms with E-state index in [2.05, 4.69) is 0 Å². The normalized spacial score (nSPS) is 9.92. The van der Waals surface area contributed by atoms with Gasteiger partial charge in [0.1, 0.15) is 0 Å². The molecule has 1 heterocycles. The summed E-state index contributed by atoms with van der Waals surface area (Å²) in [6.45, 7) is 2.03. The SMILES string of the molecule is CCCCC(=O)Oc1cscc1N. The van der Waals surface area contributed by atoms with Gasteiger partial charge in [-0.25, -0.2) is 0 Å². The smallest absolute Gasteiger partial charge is 0.311 e. The number of hydrogen-bond acceptors (Lipinski definition) is 4. The first-order chi connectivity index (χ1) is 6.24. The van der Waals surface area contributed by atoms with Gasteiger partial charge in [-0.3, -0.25) is 4.79 Å². The van der Waals surface area contributed by atoms with Crippen LogP contribution in [0.4, 0.5) is 5.69 Å². The number of rotatable bonds is 4. The Morgan fingerprint density at radius 1 is 1.62 bits per heavy atom. The molecule has 3 nitrogen and oxygen atoms in total. The molecule has 13 heavy (non-hydrogen) atoms. The van der Waals surface area contributed by atoms with Gasteiger partial charge in [0.05, 0.1) is 5.69 Å². The van der Waals surface area contributed by atoms with Crippen molar-refractivity contribution in [2.45, 2.75) is 26.2 Å². The minimum absolute atomic E-state index is 0.202. The van der Waals surface area contributed by atoms with Crippen molar-refractivity contribution < 1.29 is 9.53 Å². The van der Waals surface area contributed by atoms with Crippen molar-refractivity contribution in [2.75, 3.05) is 5.73 Å². The maximum Gasteiger partial charge on any atom is 0.311 e. The predicted octanol–water partition coefficient (Wildman–Crippen LogP) is 2.43. The minimum atomic E-state index is -0.202. The second-order valence-electron chi connectivity index (χ2n) is 2.77. The fraction of sp³-hybridized carbons (Fsp3) is 0.444. The van der Waals surface area contributed by atoms with E-state index in [1.165, 1.54) is 11.3 Å². The van der Waals surface area contributed by atoms with E-state index in [0.29, 0.717) is 17.9 Å². The summed E-state index contributed by atoms with van der Waals surface area (Å²) in [6.07, 6.45) is 2.32. The van der Waals surface area contributed by atoms with Crippen LogP contribution in [0.2, 0.25) is 0 Å². The summed E-state index contributed by atoms with van der Waals surface area (Å²) in [5.41, 5.74) is 6.09. The van der Waals surface area contributed by atoms with Crippen LogP contribution in [0.25, 0.3) is 0 Å². The lowest BCUT2D eigenvalue weighted by atomic mass is 10.2. The number of carbonyl (C=O) groups excluding carboxylic acids is 1. The van der Waals surface area contributed by atoms with Crippen molar-refractivity contribution in [3.8, 4) is 5.75 Å². The van der Waals surface area contributed by atoms with Crippen molar-refractivity contribution in [3.05, 3.63) is 10.8 Å². The first-order valence-electron chi connectivity index (χ1n) is 4.26. The number of ether oxygens (including phenoxy) is 1. The lowest BCUT2D eigenvalue weighted by molar-refractivity contribution is -0.134. The summed E-state index contributed by atoms with van der Waals surface area (Å²) in [4.78, 5) is 11.1. The van der Waals surface area contributed by atoms with Crippen LogP contribution >= 0.6 is 11.3 Å². The van der Waals surface area contributed by atoms with E-state index >= 15 is 0 Å². The van der Waals surface area contributed by atoms with Crippen molar-refractivity contribution in [1.29, 1.82) is 0 Å². The average Bonchev–Trinajstić information content (AvgIpc) is 2.48. The molecule has 1 rings (SSSR count). The van der Waals surface area contributed by atoms with Crippen LogP contribution < -0.4 is 10.5 Å². The summed E-state index contributed by atoms with van der Waals surface area (Å²) in [5.74, 6) is 0.290. The molecule has 0 amide bonds. The highest BCUT2D eigenvalue weighted by Gasteiger charge is 2.07. The lowest BCUT2D eigenvalue weighted by Gasteiger charge is -2.01. The molecule has 72 valence electrons. The van der Waals surface area contributed by atoms with Gasteiger partial charge in [-0.05, 0) is 6.42 Å². The number of carbonyl (C=O) groups is 1. The number of unbranched alkanes of at least 4 members (excludes halogenated alkanes) is 1. The van der Waals surface area contributed by atoms with Gasteiger partial charge in [0, 0.05) is 17.2 Å². The summed E-state index contributed by atoms with van der Waals surface area (Å²) in [5, 5.41) is 3.49. The molecular formula is C9H13NO2S. The second-order valence-corrected chi connectivity index (χ2v) is 3.51. The monoisotopic (exact) mass is 199 g/mol. The molecule has 0 aromatic carbocycles. The summed E-state index contributed by atoms with van der Waals surface area (Å²) < 4.78 is 5.03. The van der Waals surface area contributed by atoms with Crippen LogP contribution in [0.5, 0.6) is 5.75 Å². The van der Waals surface area contributed by atoms with Crippen LogP contribution in [-0.4, -0.2) is 5.97 Å². The largest absolute Gasteiger partial charge is 0.423 e. The van der Waals surface area contributed by atoms with Crippen molar-refractivity contribution >= 4 is 23.0 Å². The molecule has 0 bridgehead atoms. The fourth-order valence-electron chi connectivity index (χ4n) is 0.873. The fourth-order valence-corrected chi connectivity index (χ4v) is 1.51. The predicted molar refractivity (Wildman–Crippen MR) is 53.9 cm³/mol. The standard InChI is InChI=1S/C9H13NO2S/c1-2-3-4-9(11)12-8-6-13-5-7(8)10/h5-6H,2-4,10H2,1H3. The Morgan fingerprint density at radius 2 is 2.38 bits per heavy atom. The molecule has 0 unspecified atom stereocenters. The molecular weight excluding hydrogens is 186 g/mol. The molecule has 0 aliphatic rings. The van der Waals surface area contributed by atoms with Crippen LogP contribution in [0.15, 0.2) is 10.8 Å². The molecule has 0 aliphatic heterocycles. The van der Waals surface area contributed by atoms with Gasteiger partial charge in [-0.1, -0.05) is 13.3 Å².